The van der Waals surface area contributed by atoms with Crippen LogP contribution in [-0.4, -0.2) is 16.9 Å². The zero-order valence-corrected chi connectivity index (χ0v) is 9.91. The summed E-state index contributed by atoms with van der Waals surface area (Å²) in [4.78, 5) is 10.8. The van der Waals surface area contributed by atoms with Gasteiger partial charge in [-0.2, -0.15) is 0 Å². The molecule has 1 aromatic carbocycles. The molecular weight excluding hydrogens is 262 g/mol. The zero-order valence-electron chi connectivity index (χ0n) is 8.32. The lowest BCUT2D eigenvalue weighted by molar-refractivity contribution is -0.131. The van der Waals surface area contributed by atoms with E-state index >= 15 is 0 Å². The molecule has 0 aliphatic rings. The van der Waals surface area contributed by atoms with Crippen molar-refractivity contribution in [1.82, 2.24) is 0 Å². The first-order chi connectivity index (χ1) is 7.04. The van der Waals surface area contributed by atoms with Crippen molar-refractivity contribution in [2.24, 2.45) is 5.16 Å². The molecule has 0 amide bonds. The standard InChI is InChI=1S/C10H10BrNO3/c1-6(12-14)9-4-3-8(11)5-10(9)15-7(2)13/h3-5,14H,1-2H3/b12-6-. The van der Waals surface area contributed by atoms with Gasteiger partial charge in [-0.3, -0.25) is 4.79 Å². The molecule has 0 bridgehead atoms. The molecule has 0 aromatic heterocycles. The summed E-state index contributed by atoms with van der Waals surface area (Å²) < 4.78 is 5.77. The van der Waals surface area contributed by atoms with Crippen LogP contribution >= 0.6 is 15.9 Å². The third-order valence-corrected chi connectivity index (χ3v) is 2.23. The summed E-state index contributed by atoms with van der Waals surface area (Å²) >= 11 is 3.26. The lowest BCUT2D eigenvalue weighted by Crippen LogP contribution is -2.06. The lowest BCUT2D eigenvalue weighted by atomic mass is 10.1. The van der Waals surface area contributed by atoms with Gasteiger partial charge in [0.2, 0.25) is 0 Å². The number of esters is 1. The highest BCUT2D eigenvalue weighted by Crippen LogP contribution is 2.24. The molecule has 5 heteroatoms. The van der Waals surface area contributed by atoms with E-state index in [4.69, 9.17) is 9.94 Å². The number of hydrogen-bond acceptors (Lipinski definition) is 4. The minimum absolute atomic E-state index is 0.368. The predicted molar refractivity (Wildman–Crippen MR) is 59.4 cm³/mol. The van der Waals surface area contributed by atoms with Crippen LogP contribution in [0.25, 0.3) is 0 Å². The zero-order chi connectivity index (χ0) is 11.4. The van der Waals surface area contributed by atoms with Crippen molar-refractivity contribution in [3.05, 3.63) is 28.2 Å². The van der Waals surface area contributed by atoms with Gasteiger partial charge in [-0.25, -0.2) is 0 Å². The third kappa shape index (κ3) is 3.06. The minimum atomic E-state index is -0.417. The van der Waals surface area contributed by atoms with Crippen molar-refractivity contribution < 1.29 is 14.7 Å². The SMILES string of the molecule is CC(=O)Oc1cc(Br)ccc1/C(C)=N\O. The van der Waals surface area contributed by atoms with E-state index in [-0.39, 0.29) is 0 Å². The highest BCUT2D eigenvalue weighted by atomic mass is 79.9. The molecule has 1 rings (SSSR count). The van der Waals surface area contributed by atoms with E-state index in [0.717, 1.165) is 4.47 Å². The first-order valence-electron chi connectivity index (χ1n) is 4.21. The van der Waals surface area contributed by atoms with E-state index in [9.17, 15) is 4.79 Å². The molecule has 0 spiro atoms. The fraction of sp³-hybridized carbons (Fsp3) is 0.200. The van der Waals surface area contributed by atoms with E-state index in [1.165, 1.54) is 6.92 Å². The van der Waals surface area contributed by atoms with Gasteiger partial charge in [0.05, 0.1) is 5.71 Å². The van der Waals surface area contributed by atoms with Crippen LogP contribution in [-0.2, 0) is 4.79 Å². The largest absolute Gasteiger partial charge is 0.426 e. The fourth-order valence-electron chi connectivity index (χ4n) is 1.09. The van der Waals surface area contributed by atoms with Crippen molar-refractivity contribution in [3.8, 4) is 5.75 Å². The quantitative estimate of drug-likeness (QED) is 0.296. The molecule has 80 valence electrons. The average Bonchev–Trinajstić information content (AvgIpc) is 2.16. The Kier molecular flexibility index (Phi) is 3.85. The van der Waals surface area contributed by atoms with Gasteiger partial charge in [0.15, 0.2) is 0 Å². The molecule has 0 fully saturated rings. The van der Waals surface area contributed by atoms with Gasteiger partial charge < -0.3 is 9.94 Å². The Morgan fingerprint density at radius 2 is 2.13 bits per heavy atom. The van der Waals surface area contributed by atoms with Gasteiger partial charge in [-0.15, -0.1) is 0 Å². The summed E-state index contributed by atoms with van der Waals surface area (Å²) in [6.45, 7) is 2.94. The van der Waals surface area contributed by atoms with Crippen molar-refractivity contribution in [2.75, 3.05) is 0 Å². The van der Waals surface area contributed by atoms with Crippen LogP contribution in [0.5, 0.6) is 5.75 Å². The van der Waals surface area contributed by atoms with Crippen molar-refractivity contribution in [3.63, 3.8) is 0 Å². The number of hydrogen-bond donors (Lipinski definition) is 1. The Hall–Kier alpha value is -1.36. The molecule has 0 radical (unpaired) electrons. The maximum atomic E-state index is 10.8. The smallest absolute Gasteiger partial charge is 0.308 e. The molecule has 0 saturated carbocycles. The van der Waals surface area contributed by atoms with Crippen LogP contribution in [0.2, 0.25) is 0 Å². The Labute approximate surface area is 95.7 Å². The van der Waals surface area contributed by atoms with E-state index in [1.807, 2.05) is 0 Å². The maximum Gasteiger partial charge on any atom is 0.308 e. The number of nitrogens with zero attached hydrogens (tertiary/aromatic N) is 1. The van der Waals surface area contributed by atoms with E-state index in [1.54, 1.807) is 25.1 Å². The number of halogens is 1. The number of oxime groups is 1. The highest BCUT2D eigenvalue weighted by molar-refractivity contribution is 9.10. The van der Waals surface area contributed by atoms with Crippen LogP contribution in [0.3, 0.4) is 0 Å². The summed E-state index contributed by atoms with van der Waals surface area (Å²) in [6.07, 6.45) is 0. The highest BCUT2D eigenvalue weighted by Gasteiger charge is 2.09. The maximum absolute atomic E-state index is 10.8. The minimum Gasteiger partial charge on any atom is -0.426 e. The summed E-state index contributed by atoms with van der Waals surface area (Å²) in [5.74, 6) is -0.0488. The van der Waals surface area contributed by atoms with Crippen LogP contribution < -0.4 is 4.74 Å². The molecule has 0 unspecified atom stereocenters. The van der Waals surface area contributed by atoms with Crippen LogP contribution in [0.4, 0.5) is 0 Å². The Balaban J connectivity index is 3.20. The van der Waals surface area contributed by atoms with Crippen LogP contribution in [0.1, 0.15) is 19.4 Å². The first kappa shape index (κ1) is 11.7. The Morgan fingerprint density at radius 1 is 1.47 bits per heavy atom. The second-order valence-electron chi connectivity index (χ2n) is 2.92. The molecule has 0 atom stereocenters. The molecule has 0 saturated heterocycles. The molecule has 0 heterocycles. The molecule has 1 N–H and O–H groups in total. The summed E-state index contributed by atoms with van der Waals surface area (Å²) in [7, 11) is 0. The third-order valence-electron chi connectivity index (χ3n) is 1.74. The monoisotopic (exact) mass is 271 g/mol. The topological polar surface area (TPSA) is 58.9 Å². The van der Waals surface area contributed by atoms with Gasteiger partial charge in [0.1, 0.15) is 5.75 Å². The van der Waals surface area contributed by atoms with E-state index in [2.05, 4.69) is 21.1 Å². The Bertz CT molecular complexity index is 415. The van der Waals surface area contributed by atoms with Gasteiger partial charge >= 0.3 is 5.97 Å². The summed E-state index contributed by atoms with van der Waals surface area (Å²) in [5, 5.41) is 11.7. The van der Waals surface area contributed by atoms with Crippen molar-refractivity contribution in [1.29, 1.82) is 0 Å². The van der Waals surface area contributed by atoms with Crippen LogP contribution in [0.15, 0.2) is 27.8 Å². The van der Waals surface area contributed by atoms with Gasteiger partial charge in [-0.1, -0.05) is 21.1 Å². The normalized spacial score (nSPS) is 11.3. The second-order valence-corrected chi connectivity index (χ2v) is 3.84. The second kappa shape index (κ2) is 4.93. The van der Waals surface area contributed by atoms with Crippen molar-refractivity contribution in [2.45, 2.75) is 13.8 Å². The van der Waals surface area contributed by atoms with Gasteiger partial charge in [0, 0.05) is 17.0 Å². The van der Waals surface area contributed by atoms with Crippen LogP contribution in [0, 0.1) is 0 Å². The fourth-order valence-corrected chi connectivity index (χ4v) is 1.43. The molecule has 0 aliphatic heterocycles. The van der Waals surface area contributed by atoms with Gasteiger partial charge in [-0.05, 0) is 25.1 Å². The molecule has 0 aliphatic carbocycles. The Morgan fingerprint density at radius 3 is 2.67 bits per heavy atom. The molecule has 15 heavy (non-hydrogen) atoms. The lowest BCUT2D eigenvalue weighted by Gasteiger charge is -2.07. The summed E-state index contributed by atoms with van der Waals surface area (Å²) in [5.41, 5.74) is 0.967. The summed E-state index contributed by atoms with van der Waals surface area (Å²) in [6, 6.07) is 5.12. The van der Waals surface area contributed by atoms with Crippen molar-refractivity contribution >= 4 is 27.6 Å². The predicted octanol–water partition coefficient (Wildman–Crippen LogP) is 2.57. The molecule has 1 aromatic rings. The first-order valence-corrected chi connectivity index (χ1v) is 5.01. The number of rotatable bonds is 2. The number of carbonyl (C=O) groups is 1. The molecular formula is C10H10BrNO3. The van der Waals surface area contributed by atoms with E-state index < -0.39 is 5.97 Å². The number of carbonyl (C=O) groups excluding carboxylic acids is 1. The average molecular weight is 272 g/mol. The molecule has 4 nitrogen and oxygen atoms in total. The van der Waals surface area contributed by atoms with E-state index in [0.29, 0.717) is 17.0 Å². The number of benzene rings is 1. The number of ether oxygens (including phenoxy) is 1. The van der Waals surface area contributed by atoms with Gasteiger partial charge in [0.25, 0.3) is 0 Å².